The highest BCUT2D eigenvalue weighted by atomic mass is 16.5. The van der Waals surface area contributed by atoms with Crippen LogP contribution in [0, 0.1) is 0 Å². The summed E-state index contributed by atoms with van der Waals surface area (Å²) in [6, 6.07) is -0.616. The third-order valence-electron chi connectivity index (χ3n) is 0.943. The summed E-state index contributed by atoms with van der Waals surface area (Å²) < 4.78 is 0. The second-order valence-corrected chi connectivity index (χ2v) is 1.84. The number of hydrogen-bond acceptors (Lipinski definition) is 3. The largest absolute Gasteiger partial charge is 0.320 e. The molecule has 4 nitrogen and oxygen atoms in total. The zero-order valence-corrected chi connectivity index (χ0v) is 5.66. The van der Waals surface area contributed by atoms with Crippen LogP contribution in [0.4, 0.5) is 0 Å². The lowest BCUT2D eigenvalue weighted by Gasteiger charge is -2.13. The Hall–Kier alpha value is -0.610. The fourth-order valence-electron chi connectivity index (χ4n) is 0.391. The molecule has 0 aromatic heterocycles. The molecule has 0 aromatic rings. The molecule has 0 radical (unpaired) electrons. The molecule has 0 rings (SSSR count). The van der Waals surface area contributed by atoms with Gasteiger partial charge in [0.15, 0.2) is 0 Å². The summed E-state index contributed by atoms with van der Waals surface area (Å²) >= 11 is 0. The van der Waals surface area contributed by atoms with E-state index in [1.165, 1.54) is 6.92 Å². The van der Waals surface area contributed by atoms with Gasteiger partial charge < -0.3 is 5.73 Å². The van der Waals surface area contributed by atoms with Crippen LogP contribution in [-0.4, -0.2) is 28.8 Å². The van der Waals surface area contributed by atoms with E-state index < -0.39 is 11.9 Å². The van der Waals surface area contributed by atoms with E-state index in [9.17, 15) is 4.79 Å². The third kappa shape index (κ3) is 2.43. The highest BCUT2D eigenvalue weighted by molar-refractivity contribution is 5.79. The van der Waals surface area contributed by atoms with Gasteiger partial charge in [0.2, 0.25) is 0 Å². The number of carbonyl (C=O) groups is 1. The summed E-state index contributed by atoms with van der Waals surface area (Å²) in [6.45, 7) is 3.47. The standard InChI is InChI=1S/C5H12N2O2/c1-3-7(9)5(8)4(2)6/h4,9H,3,6H2,1-2H3. The zero-order valence-electron chi connectivity index (χ0n) is 5.66. The first-order valence-corrected chi connectivity index (χ1v) is 2.85. The van der Waals surface area contributed by atoms with E-state index in [2.05, 4.69) is 0 Å². The highest BCUT2D eigenvalue weighted by Crippen LogP contribution is 1.85. The number of nitrogens with zero attached hydrogens (tertiary/aromatic N) is 1. The van der Waals surface area contributed by atoms with Crippen molar-refractivity contribution in [3.63, 3.8) is 0 Å². The van der Waals surface area contributed by atoms with Crippen LogP contribution < -0.4 is 5.73 Å². The summed E-state index contributed by atoms with van der Waals surface area (Å²) in [5.74, 6) is -0.447. The topological polar surface area (TPSA) is 66.6 Å². The molecule has 1 atom stereocenters. The van der Waals surface area contributed by atoms with Gasteiger partial charge in [-0.3, -0.25) is 10.0 Å². The minimum Gasteiger partial charge on any atom is -0.320 e. The van der Waals surface area contributed by atoms with E-state index in [0.717, 1.165) is 0 Å². The molecule has 0 fully saturated rings. The monoisotopic (exact) mass is 132 g/mol. The van der Waals surface area contributed by atoms with E-state index in [4.69, 9.17) is 10.9 Å². The first-order chi connectivity index (χ1) is 4.09. The van der Waals surface area contributed by atoms with Crippen LogP contribution in [0.2, 0.25) is 0 Å². The molecule has 54 valence electrons. The van der Waals surface area contributed by atoms with Crippen molar-refractivity contribution >= 4 is 5.91 Å². The van der Waals surface area contributed by atoms with Crippen molar-refractivity contribution in [2.45, 2.75) is 19.9 Å². The van der Waals surface area contributed by atoms with E-state index in [1.54, 1.807) is 6.92 Å². The van der Waals surface area contributed by atoms with Crippen LogP contribution in [0.5, 0.6) is 0 Å². The van der Waals surface area contributed by atoms with E-state index in [0.29, 0.717) is 5.06 Å². The minimum absolute atomic E-state index is 0.278. The van der Waals surface area contributed by atoms with E-state index in [-0.39, 0.29) is 6.54 Å². The molecule has 0 saturated heterocycles. The van der Waals surface area contributed by atoms with Gasteiger partial charge in [-0.2, -0.15) is 0 Å². The van der Waals surface area contributed by atoms with Crippen molar-refractivity contribution in [1.82, 2.24) is 5.06 Å². The van der Waals surface area contributed by atoms with Gasteiger partial charge in [-0.1, -0.05) is 0 Å². The number of likely N-dealkylation sites (N-methyl/N-ethyl adjacent to an activating group) is 1. The molecular formula is C5H12N2O2. The summed E-state index contributed by atoms with van der Waals surface area (Å²) in [5.41, 5.74) is 5.16. The van der Waals surface area contributed by atoms with Gasteiger partial charge in [0.25, 0.3) is 5.91 Å². The molecular weight excluding hydrogens is 120 g/mol. The Morgan fingerprint density at radius 1 is 1.89 bits per heavy atom. The van der Waals surface area contributed by atoms with Crippen LogP contribution in [0.3, 0.4) is 0 Å². The van der Waals surface area contributed by atoms with Crippen LogP contribution in [0.1, 0.15) is 13.8 Å². The first-order valence-electron chi connectivity index (χ1n) is 2.85. The second-order valence-electron chi connectivity index (χ2n) is 1.84. The predicted octanol–water partition coefficient (Wildman–Crippen LogP) is -0.429. The van der Waals surface area contributed by atoms with Crippen LogP contribution in [0.25, 0.3) is 0 Å². The SMILES string of the molecule is CCN(O)C(=O)C(C)N. The van der Waals surface area contributed by atoms with Crippen LogP contribution in [0.15, 0.2) is 0 Å². The average Bonchev–Trinajstić information content (AvgIpc) is 1.84. The molecule has 0 aromatic carbocycles. The van der Waals surface area contributed by atoms with E-state index in [1.807, 2.05) is 0 Å². The number of hydrogen-bond donors (Lipinski definition) is 2. The second kappa shape index (κ2) is 3.42. The lowest BCUT2D eigenvalue weighted by molar-refractivity contribution is -0.165. The van der Waals surface area contributed by atoms with Gasteiger partial charge in [0.1, 0.15) is 0 Å². The lowest BCUT2D eigenvalue weighted by atomic mass is 10.3. The summed E-state index contributed by atoms with van der Waals surface area (Å²) in [7, 11) is 0. The Morgan fingerprint density at radius 2 is 2.33 bits per heavy atom. The maximum absolute atomic E-state index is 10.6. The van der Waals surface area contributed by atoms with Gasteiger partial charge in [0, 0.05) is 6.54 Å². The third-order valence-corrected chi connectivity index (χ3v) is 0.943. The first kappa shape index (κ1) is 8.39. The summed E-state index contributed by atoms with van der Waals surface area (Å²) in [5, 5.41) is 9.30. The van der Waals surface area contributed by atoms with Gasteiger partial charge in [-0.25, -0.2) is 5.06 Å². The molecule has 0 saturated carbocycles. The van der Waals surface area contributed by atoms with Crippen molar-refractivity contribution in [1.29, 1.82) is 0 Å². The molecule has 0 aliphatic carbocycles. The van der Waals surface area contributed by atoms with Crippen LogP contribution >= 0.6 is 0 Å². The maximum Gasteiger partial charge on any atom is 0.262 e. The van der Waals surface area contributed by atoms with Crippen molar-refractivity contribution < 1.29 is 10.0 Å². The Bertz CT molecular complexity index is 103. The number of amides is 1. The van der Waals surface area contributed by atoms with Crippen molar-refractivity contribution in [2.75, 3.05) is 6.54 Å². The van der Waals surface area contributed by atoms with Gasteiger partial charge in [-0.05, 0) is 13.8 Å². The van der Waals surface area contributed by atoms with Crippen molar-refractivity contribution in [3.05, 3.63) is 0 Å². The smallest absolute Gasteiger partial charge is 0.262 e. The number of nitrogens with two attached hydrogens (primary N) is 1. The molecule has 0 aliphatic rings. The van der Waals surface area contributed by atoms with Gasteiger partial charge in [0.05, 0.1) is 6.04 Å². The van der Waals surface area contributed by atoms with Crippen LogP contribution in [-0.2, 0) is 4.79 Å². The molecule has 1 amide bonds. The molecule has 0 bridgehead atoms. The molecule has 0 heterocycles. The molecule has 9 heavy (non-hydrogen) atoms. The molecule has 4 heteroatoms. The minimum atomic E-state index is -0.616. The zero-order chi connectivity index (χ0) is 7.44. The summed E-state index contributed by atoms with van der Waals surface area (Å²) in [4.78, 5) is 10.6. The highest BCUT2D eigenvalue weighted by Gasteiger charge is 2.12. The average molecular weight is 132 g/mol. The number of carbonyl (C=O) groups excluding carboxylic acids is 1. The predicted molar refractivity (Wildman–Crippen MR) is 32.8 cm³/mol. The van der Waals surface area contributed by atoms with Gasteiger partial charge in [-0.15, -0.1) is 0 Å². The quantitative estimate of drug-likeness (QED) is 0.396. The normalized spacial score (nSPS) is 12.9. The maximum atomic E-state index is 10.6. The van der Waals surface area contributed by atoms with Gasteiger partial charge >= 0.3 is 0 Å². The molecule has 0 aliphatic heterocycles. The Balaban J connectivity index is 3.73. The Labute approximate surface area is 54.2 Å². The Morgan fingerprint density at radius 3 is 2.44 bits per heavy atom. The van der Waals surface area contributed by atoms with Crippen molar-refractivity contribution in [2.24, 2.45) is 5.73 Å². The van der Waals surface area contributed by atoms with Crippen molar-refractivity contribution in [3.8, 4) is 0 Å². The van der Waals surface area contributed by atoms with E-state index >= 15 is 0 Å². The fourth-order valence-corrected chi connectivity index (χ4v) is 0.391. The number of rotatable bonds is 2. The number of hydroxylamine groups is 2. The molecule has 0 spiro atoms. The summed E-state index contributed by atoms with van der Waals surface area (Å²) in [6.07, 6.45) is 0. The molecule has 1 unspecified atom stereocenters. The Kier molecular flexibility index (Phi) is 3.19. The lowest BCUT2D eigenvalue weighted by Crippen LogP contribution is -2.39. The molecule has 3 N–H and O–H groups in total. The fraction of sp³-hybridized carbons (Fsp3) is 0.800.